The molecule has 0 radical (unpaired) electrons. The lowest BCUT2D eigenvalue weighted by Crippen LogP contribution is -2.26. The van der Waals surface area contributed by atoms with Crippen molar-refractivity contribution >= 4 is 28.2 Å². The molecule has 0 unspecified atom stereocenters. The van der Waals surface area contributed by atoms with Crippen molar-refractivity contribution in [2.45, 2.75) is 25.4 Å². The first kappa shape index (κ1) is 22.9. The molecule has 0 atom stereocenters. The minimum absolute atomic E-state index is 0.0189. The van der Waals surface area contributed by atoms with Gasteiger partial charge in [0, 0.05) is 11.3 Å². The van der Waals surface area contributed by atoms with Gasteiger partial charge in [-0.1, -0.05) is 17.9 Å². The first-order valence-electron chi connectivity index (χ1n) is 10.3. The van der Waals surface area contributed by atoms with E-state index in [4.69, 9.17) is 0 Å². The number of hydrogen-bond donors (Lipinski definition) is 0. The van der Waals surface area contributed by atoms with E-state index in [-0.39, 0.29) is 46.6 Å². The molecule has 2 heterocycles. The third kappa shape index (κ3) is 4.11. The lowest BCUT2D eigenvalue weighted by Gasteiger charge is -2.25. The molecular formula is C23H14F7N5. The number of aromatic nitrogens is 4. The highest BCUT2D eigenvalue weighted by molar-refractivity contribution is 5.94. The zero-order valence-electron chi connectivity index (χ0n) is 17.6. The van der Waals surface area contributed by atoms with E-state index in [1.807, 2.05) is 0 Å². The number of fused-ring (bicyclic) bond motifs is 3. The summed E-state index contributed by atoms with van der Waals surface area (Å²) >= 11 is 0. The van der Waals surface area contributed by atoms with Gasteiger partial charge < -0.3 is 4.90 Å². The summed E-state index contributed by atoms with van der Waals surface area (Å²) in [4.78, 5) is 5.06. The van der Waals surface area contributed by atoms with Crippen LogP contribution in [0.4, 0.5) is 42.2 Å². The molecule has 1 aliphatic carbocycles. The highest BCUT2D eigenvalue weighted by atomic mass is 19.4. The van der Waals surface area contributed by atoms with Crippen molar-refractivity contribution < 1.29 is 30.7 Å². The van der Waals surface area contributed by atoms with E-state index in [0.29, 0.717) is 0 Å². The highest BCUT2D eigenvalue weighted by Gasteiger charge is 2.62. The predicted octanol–water partition coefficient (Wildman–Crippen LogP) is 5.65. The molecule has 2 aromatic carbocycles. The zero-order valence-corrected chi connectivity index (χ0v) is 17.6. The average Bonchev–Trinajstić information content (AvgIpc) is 3.45. The quantitative estimate of drug-likeness (QED) is 0.272. The fourth-order valence-corrected chi connectivity index (χ4v) is 3.81. The Morgan fingerprint density at radius 1 is 1.11 bits per heavy atom. The van der Waals surface area contributed by atoms with Crippen molar-refractivity contribution in [1.82, 2.24) is 19.6 Å². The molecule has 2 aromatic heterocycles. The van der Waals surface area contributed by atoms with Crippen molar-refractivity contribution in [2.75, 3.05) is 11.4 Å². The van der Waals surface area contributed by atoms with Gasteiger partial charge in [-0.05, 0) is 43.2 Å². The average molecular weight is 493 g/mol. The van der Waals surface area contributed by atoms with Gasteiger partial charge in [0.1, 0.15) is 29.2 Å². The molecule has 4 aromatic rings. The summed E-state index contributed by atoms with van der Waals surface area (Å²) < 4.78 is 97.6. The molecule has 0 amide bonds. The maximum atomic E-state index is 14.9. The van der Waals surface area contributed by atoms with Crippen LogP contribution >= 0.6 is 0 Å². The van der Waals surface area contributed by atoms with Gasteiger partial charge in [-0.25, -0.2) is 17.6 Å². The molecule has 1 saturated carbocycles. The first-order chi connectivity index (χ1) is 16.6. The number of hydrogen-bond acceptors (Lipinski definition) is 4. The molecule has 0 spiro atoms. The van der Waals surface area contributed by atoms with Gasteiger partial charge in [0.15, 0.2) is 0 Å². The third-order valence-corrected chi connectivity index (χ3v) is 5.72. The molecule has 0 aliphatic heterocycles. The first-order valence-corrected chi connectivity index (χ1v) is 10.3. The summed E-state index contributed by atoms with van der Waals surface area (Å²) in [7, 11) is 0. The number of anilines is 2. The van der Waals surface area contributed by atoms with Crippen LogP contribution in [-0.2, 0) is 0 Å². The summed E-state index contributed by atoms with van der Waals surface area (Å²) in [5.41, 5.74) is -2.26. The number of halogens is 7. The van der Waals surface area contributed by atoms with Gasteiger partial charge in [-0.3, -0.25) is 4.40 Å². The van der Waals surface area contributed by atoms with Crippen LogP contribution in [0.1, 0.15) is 18.4 Å². The summed E-state index contributed by atoms with van der Waals surface area (Å²) in [6, 6.07) is 6.98. The van der Waals surface area contributed by atoms with Crippen LogP contribution in [-0.4, -0.2) is 38.7 Å². The molecule has 1 aliphatic rings. The molecular weight excluding hydrogens is 479 g/mol. The van der Waals surface area contributed by atoms with Gasteiger partial charge in [-0.2, -0.15) is 18.2 Å². The normalized spacial score (nSPS) is 14.9. The Balaban J connectivity index is 1.68. The summed E-state index contributed by atoms with van der Waals surface area (Å²) in [6.45, 7) is -1.01. The van der Waals surface area contributed by atoms with Crippen molar-refractivity contribution in [3.05, 3.63) is 59.9 Å². The van der Waals surface area contributed by atoms with Crippen LogP contribution in [0.5, 0.6) is 0 Å². The van der Waals surface area contributed by atoms with Gasteiger partial charge in [-0.15, -0.1) is 10.2 Å². The van der Waals surface area contributed by atoms with Crippen molar-refractivity contribution in [1.29, 1.82) is 0 Å². The second-order valence-corrected chi connectivity index (χ2v) is 8.10. The van der Waals surface area contributed by atoms with E-state index < -0.39 is 36.2 Å². The second-order valence-electron chi connectivity index (χ2n) is 8.10. The van der Waals surface area contributed by atoms with Crippen molar-refractivity contribution in [2.24, 2.45) is 5.41 Å². The molecule has 12 heteroatoms. The van der Waals surface area contributed by atoms with Gasteiger partial charge in [0.2, 0.25) is 0 Å². The summed E-state index contributed by atoms with van der Waals surface area (Å²) in [5, 5.41) is 7.36. The maximum Gasteiger partial charge on any atom is 0.405 e. The van der Waals surface area contributed by atoms with Crippen LogP contribution in [0.2, 0.25) is 0 Å². The van der Waals surface area contributed by atoms with E-state index in [2.05, 4.69) is 27.0 Å². The van der Waals surface area contributed by atoms with Gasteiger partial charge in [0.25, 0.3) is 12.2 Å². The molecule has 180 valence electrons. The van der Waals surface area contributed by atoms with Crippen molar-refractivity contribution in [3.8, 4) is 11.8 Å². The summed E-state index contributed by atoms with van der Waals surface area (Å²) in [5.74, 6) is 2.48. The Labute approximate surface area is 193 Å². The van der Waals surface area contributed by atoms with E-state index in [9.17, 15) is 30.7 Å². The Bertz CT molecular complexity index is 1500. The van der Waals surface area contributed by atoms with E-state index in [1.54, 1.807) is 0 Å². The molecule has 0 saturated heterocycles. The Morgan fingerprint density at radius 2 is 1.89 bits per heavy atom. The second kappa shape index (κ2) is 8.11. The number of alkyl halides is 5. The minimum Gasteiger partial charge on any atom is -0.320 e. The molecule has 5 rings (SSSR count). The van der Waals surface area contributed by atoms with Crippen LogP contribution in [0.3, 0.4) is 0 Å². The molecule has 5 nitrogen and oxygen atoms in total. The van der Waals surface area contributed by atoms with Crippen LogP contribution in [0.15, 0.2) is 42.7 Å². The van der Waals surface area contributed by atoms with E-state index in [1.165, 1.54) is 22.9 Å². The third-order valence-electron chi connectivity index (χ3n) is 5.72. The zero-order chi connectivity index (χ0) is 25.0. The Hall–Kier alpha value is -3.88. The fraction of sp³-hybridized carbons (Fsp3) is 0.261. The van der Waals surface area contributed by atoms with Gasteiger partial charge in [0.05, 0.1) is 17.4 Å². The van der Waals surface area contributed by atoms with Crippen molar-refractivity contribution in [3.63, 3.8) is 0 Å². The maximum absolute atomic E-state index is 14.9. The highest BCUT2D eigenvalue weighted by Crippen LogP contribution is 2.57. The molecule has 0 bridgehead atoms. The molecule has 0 N–H and O–H groups in total. The number of benzene rings is 2. The van der Waals surface area contributed by atoms with Crippen LogP contribution < -0.4 is 4.90 Å². The lowest BCUT2D eigenvalue weighted by molar-refractivity contribution is -0.168. The Kier molecular flexibility index (Phi) is 5.30. The lowest BCUT2D eigenvalue weighted by atomic mass is 10.1. The van der Waals surface area contributed by atoms with Crippen LogP contribution in [0.25, 0.3) is 16.7 Å². The topological polar surface area (TPSA) is 46.3 Å². The molecule has 35 heavy (non-hydrogen) atoms. The minimum atomic E-state index is -4.54. The molecule has 1 fully saturated rings. The smallest absolute Gasteiger partial charge is 0.320 e. The summed E-state index contributed by atoms with van der Waals surface area (Å²) in [6.07, 6.45) is -6.56. The largest absolute Gasteiger partial charge is 0.405 e. The van der Waals surface area contributed by atoms with E-state index in [0.717, 1.165) is 29.2 Å². The van der Waals surface area contributed by atoms with Gasteiger partial charge >= 0.3 is 6.18 Å². The monoisotopic (exact) mass is 493 g/mol. The Morgan fingerprint density at radius 3 is 2.57 bits per heavy atom. The standard InChI is InChI=1S/C23H14F7N5/c24-14-8-13(4-5-22(6-7-22)23(28,29)30)9-15(10-14)34(11-18(26)27)20-19-16(25)2-1-3-17(19)35-12-31-33-21(35)32-20/h1-3,8-10,12,18H,6-7,11H2. The van der Waals surface area contributed by atoms with E-state index >= 15 is 0 Å². The number of rotatable bonds is 4. The number of nitrogens with zero attached hydrogens (tertiary/aromatic N) is 5. The van der Waals surface area contributed by atoms with Crippen LogP contribution in [0, 0.1) is 28.9 Å². The SMILES string of the molecule is Fc1cc(C#CC2(C(F)(F)F)CC2)cc(N(CC(F)F)c2nc3nncn3c3cccc(F)c23)c1. The predicted molar refractivity (Wildman–Crippen MR) is 112 cm³/mol. The fourth-order valence-electron chi connectivity index (χ4n) is 3.81.